The third-order valence-corrected chi connectivity index (χ3v) is 3.71. The van der Waals surface area contributed by atoms with E-state index in [1.165, 1.54) is 7.11 Å². The molecule has 6 heteroatoms. The largest absolute Gasteiger partial charge is 0.497 e. The summed E-state index contributed by atoms with van der Waals surface area (Å²) in [7, 11) is 1.54. The average Bonchev–Trinajstić information content (AvgIpc) is 2.43. The topological polar surface area (TPSA) is 64.3 Å². The second kappa shape index (κ2) is 6.15. The zero-order valence-corrected chi connectivity index (χ0v) is 13.0. The molecule has 0 saturated heterocycles. The number of carbonyl (C=O) groups is 1. The van der Waals surface area contributed by atoms with Crippen LogP contribution in [0.4, 0.5) is 11.4 Å². The van der Waals surface area contributed by atoms with Crippen molar-refractivity contribution < 1.29 is 9.53 Å². The molecule has 0 aliphatic carbocycles. The van der Waals surface area contributed by atoms with Gasteiger partial charge in [0.25, 0.3) is 5.91 Å². The Hall–Kier alpha value is -1.72. The molecule has 0 unspecified atom stereocenters. The molecule has 104 valence electrons. The number of benzene rings is 2. The SMILES string of the molecule is COc1ccc(Br)c(C(=O)Nc2c(N)cccc2Cl)c1. The molecule has 1 amide bonds. The van der Waals surface area contributed by atoms with Crippen molar-refractivity contribution in [1.82, 2.24) is 0 Å². The monoisotopic (exact) mass is 354 g/mol. The standard InChI is InChI=1S/C14H12BrClN2O2/c1-20-8-5-6-10(15)9(7-8)14(19)18-13-11(16)3-2-4-12(13)17/h2-7H,17H2,1H3,(H,18,19). The first-order valence-electron chi connectivity index (χ1n) is 5.72. The van der Waals surface area contributed by atoms with Crippen molar-refractivity contribution in [3.63, 3.8) is 0 Å². The minimum Gasteiger partial charge on any atom is -0.497 e. The second-order valence-corrected chi connectivity index (χ2v) is 5.27. The van der Waals surface area contributed by atoms with Gasteiger partial charge < -0.3 is 15.8 Å². The predicted octanol–water partition coefficient (Wildman–Crippen LogP) is 3.95. The van der Waals surface area contributed by atoms with Crippen LogP contribution in [0.2, 0.25) is 5.02 Å². The zero-order valence-electron chi connectivity index (χ0n) is 10.6. The van der Waals surface area contributed by atoms with Gasteiger partial charge in [-0.15, -0.1) is 0 Å². The number of anilines is 2. The van der Waals surface area contributed by atoms with Crippen molar-refractivity contribution in [3.8, 4) is 5.75 Å². The van der Waals surface area contributed by atoms with Gasteiger partial charge in [0, 0.05) is 4.47 Å². The van der Waals surface area contributed by atoms with Crippen molar-refractivity contribution in [2.24, 2.45) is 0 Å². The summed E-state index contributed by atoms with van der Waals surface area (Å²) in [5.41, 5.74) is 7.04. The molecule has 0 atom stereocenters. The van der Waals surface area contributed by atoms with Crippen LogP contribution >= 0.6 is 27.5 Å². The minimum absolute atomic E-state index is 0.324. The van der Waals surface area contributed by atoms with Crippen LogP contribution < -0.4 is 15.8 Å². The summed E-state index contributed by atoms with van der Waals surface area (Å²) in [5, 5.41) is 3.09. The van der Waals surface area contributed by atoms with Gasteiger partial charge >= 0.3 is 0 Å². The maximum atomic E-state index is 12.3. The molecule has 2 rings (SSSR count). The van der Waals surface area contributed by atoms with Gasteiger partial charge in [-0.05, 0) is 46.3 Å². The van der Waals surface area contributed by atoms with E-state index in [0.717, 1.165) is 0 Å². The number of nitrogens with two attached hydrogens (primary N) is 1. The Balaban J connectivity index is 2.33. The highest BCUT2D eigenvalue weighted by atomic mass is 79.9. The normalized spacial score (nSPS) is 10.2. The minimum atomic E-state index is -0.324. The van der Waals surface area contributed by atoms with Crippen LogP contribution in [0.5, 0.6) is 5.75 Å². The van der Waals surface area contributed by atoms with E-state index in [9.17, 15) is 4.79 Å². The Morgan fingerprint density at radius 3 is 2.75 bits per heavy atom. The van der Waals surface area contributed by atoms with Gasteiger partial charge in [0.15, 0.2) is 0 Å². The number of para-hydroxylation sites is 1. The Morgan fingerprint density at radius 1 is 1.35 bits per heavy atom. The van der Waals surface area contributed by atoms with E-state index >= 15 is 0 Å². The summed E-state index contributed by atoms with van der Waals surface area (Å²) in [6.45, 7) is 0. The average molecular weight is 356 g/mol. The van der Waals surface area contributed by atoms with Gasteiger partial charge in [0.05, 0.1) is 29.1 Å². The quantitative estimate of drug-likeness (QED) is 0.820. The highest BCUT2D eigenvalue weighted by Crippen LogP contribution is 2.30. The lowest BCUT2D eigenvalue weighted by Gasteiger charge is -2.11. The van der Waals surface area contributed by atoms with Crippen molar-refractivity contribution in [1.29, 1.82) is 0 Å². The van der Waals surface area contributed by atoms with E-state index in [0.29, 0.717) is 32.2 Å². The molecule has 0 aromatic heterocycles. The fraction of sp³-hybridized carbons (Fsp3) is 0.0714. The van der Waals surface area contributed by atoms with Gasteiger partial charge in [-0.3, -0.25) is 4.79 Å². The van der Waals surface area contributed by atoms with Crippen LogP contribution in [0, 0.1) is 0 Å². The Kier molecular flexibility index (Phi) is 4.52. The first-order chi connectivity index (χ1) is 9.52. The molecule has 0 aliphatic rings. The highest BCUT2D eigenvalue weighted by molar-refractivity contribution is 9.10. The number of halogens is 2. The number of hydrogen-bond donors (Lipinski definition) is 2. The van der Waals surface area contributed by atoms with Crippen LogP contribution in [-0.2, 0) is 0 Å². The van der Waals surface area contributed by atoms with Crippen LogP contribution in [0.15, 0.2) is 40.9 Å². The van der Waals surface area contributed by atoms with E-state index in [1.807, 2.05) is 0 Å². The molecule has 0 radical (unpaired) electrons. The lowest BCUT2D eigenvalue weighted by atomic mass is 10.2. The maximum absolute atomic E-state index is 12.3. The van der Waals surface area contributed by atoms with Crippen molar-refractivity contribution >= 4 is 44.8 Å². The molecule has 2 aromatic carbocycles. The first-order valence-corrected chi connectivity index (χ1v) is 6.89. The third kappa shape index (κ3) is 3.05. The number of rotatable bonds is 3. The molecule has 20 heavy (non-hydrogen) atoms. The zero-order chi connectivity index (χ0) is 14.7. The first kappa shape index (κ1) is 14.7. The molecule has 2 aromatic rings. The lowest BCUT2D eigenvalue weighted by Crippen LogP contribution is -2.14. The van der Waals surface area contributed by atoms with Crippen molar-refractivity contribution in [2.75, 3.05) is 18.2 Å². The van der Waals surface area contributed by atoms with Gasteiger partial charge in [-0.2, -0.15) is 0 Å². The van der Waals surface area contributed by atoms with E-state index in [-0.39, 0.29) is 5.91 Å². The highest BCUT2D eigenvalue weighted by Gasteiger charge is 2.14. The predicted molar refractivity (Wildman–Crippen MR) is 84.5 cm³/mol. The molecule has 3 N–H and O–H groups in total. The summed E-state index contributed by atoms with van der Waals surface area (Å²) in [5.74, 6) is 0.265. The molecule has 0 bridgehead atoms. The molecule has 0 aliphatic heterocycles. The molecule has 4 nitrogen and oxygen atoms in total. The number of methoxy groups -OCH3 is 1. The van der Waals surface area contributed by atoms with Gasteiger partial charge in [-0.25, -0.2) is 0 Å². The fourth-order valence-electron chi connectivity index (χ4n) is 1.66. The third-order valence-electron chi connectivity index (χ3n) is 2.70. The Bertz CT molecular complexity index is 641. The Morgan fingerprint density at radius 2 is 2.10 bits per heavy atom. The molecular weight excluding hydrogens is 344 g/mol. The Labute approximate surface area is 130 Å². The molecule has 0 fully saturated rings. The van der Waals surface area contributed by atoms with E-state index in [4.69, 9.17) is 22.1 Å². The van der Waals surface area contributed by atoms with Gasteiger partial charge in [0.1, 0.15) is 5.75 Å². The summed E-state index contributed by atoms with van der Waals surface area (Å²) in [4.78, 5) is 12.3. The van der Waals surface area contributed by atoms with Crippen LogP contribution in [-0.4, -0.2) is 13.0 Å². The molecule has 0 heterocycles. The van der Waals surface area contributed by atoms with Crippen molar-refractivity contribution in [2.45, 2.75) is 0 Å². The molecular formula is C14H12BrClN2O2. The summed E-state index contributed by atoms with van der Waals surface area (Å²) in [6, 6.07) is 10.2. The van der Waals surface area contributed by atoms with E-state index in [2.05, 4.69) is 21.2 Å². The number of nitrogens with one attached hydrogen (secondary N) is 1. The lowest BCUT2D eigenvalue weighted by molar-refractivity contribution is 0.102. The summed E-state index contributed by atoms with van der Waals surface area (Å²) in [6.07, 6.45) is 0. The van der Waals surface area contributed by atoms with Crippen LogP contribution in [0.3, 0.4) is 0 Å². The number of hydrogen-bond acceptors (Lipinski definition) is 3. The fourth-order valence-corrected chi connectivity index (χ4v) is 2.31. The summed E-state index contributed by atoms with van der Waals surface area (Å²) < 4.78 is 5.76. The number of carbonyl (C=O) groups excluding carboxylic acids is 1. The van der Waals surface area contributed by atoms with Crippen LogP contribution in [0.1, 0.15) is 10.4 Å². The van der Waals surface area contributed by atoms with Gasteiger partial charge in [-0.1, -0.05) is 17.7 Å². The van der Waals surface area contributed by atoms with Gasteiger partial charge in [0.2, 0.25) is 0 Å². The number of amides is 1. The number of ether oxygens (including phenoxy) is 1. The maximum Gasteiger partial charge on any atom is 0.257 e. The van der Waals surface area contributed by atoms with E-state index in [1.54, 1.807) is 36.4 Å². The molecule has 0 saturated carbocycles. The summed E-state index contributed by atoms with van der Waals surface area (Å²) >= 11 is 9.36. The molecule has 0 spiro atoms. The number of nitrogen functional groups attached to an aromatic ring is 1. The van der Waals surface area contributed by atoms with E-state index < -0.39 is 0 Å². The van der Waals surface area contributed by atoms with Crippen LogP contribution in [0.25, 0.3) is 0 Å². The smallest absolute Gasteiger partial charge is 0.257 e. The second-order valence-electron chi connectivity index (χ2n) is 4.00. The van der Waals surface area contributed by atoms with Crippen molar-refractivity contribution in [3.05, 3.63) is 51.5 Å².